The second kappa shape index (κ2) is 7.08. The molecule has 0 saturated heterocycles. The van der Waals surface area contributed by atoms with Gasteiger partial charge in [-0.05, 0) is 42.8 Å². The van der Waals surface area contributed by atoms with E-state index in [-0.39, 0.29) is 11.7 Å². The highest BCUT2D eigenvalue weighted by molar-refractivity contribution is 5.95. The molecule has 0 unspecified atom stereocenters. The van der Waals surface area contributed by atoms with Crippen molar-refractivity contribution in [3.8, 4) is 11.5 Å². The second-order valence-corrected chi connectivity index (χ2v) is 5.47. The highest BCUT2D eigenvalue weighted by atomic mass is 19.1. The molecule has 0 fully saturated rings. The first kappa shape index (κ1) is 15.9. The molecule has 1 amide bonds. The summed E-state index contributed by atoms with van der Waals surface area (Å²) < 4.78 is 18.3. The third-order valence-electron chi connectivity index (χ3n) is 3.70. The Labute approximate surface area is 139 Å². The van der Waals surface area contributed by atoms with E-state index in [4.69, 9.17) is 4.42 Å². The summed E-state index contributed by atoms with van der Waals surface area (Å²) in [5.74, 6) is 0.0371. The average molecular weight is 324 g/mol. The number of hydrogen-bond donors (Lipinski definition) is 1. The van der Waals surface area contributed by atoms with E-state index in [1.807, 2.05) is 25.1 Å². The largest absolute Gasteiger partial charge is 0.444 e. The first-order valence-electron chi connectivity index (χ1n) is 7.67. The Kier molecular flexibility index (Phi) is 4.70. The van der Waals surface area contributed by atoms with Gasteiger partial charge in [-0.1, -0.05) is 18.2 Å². The molecule has 0 atom stereocenters. The number of benzene rings is 2. The predicted octanol–water partition coefficient (Wildman–Crippen LogP) is 3.76. The van der Waals surface area contributed by atoms with E-state index >= 15 is 0 Å². The molecule has 0 radical (unpaired) electrons. The number of carbonyl (C=O) groups is 1. The Hall–Kier alpha value is -2.95. The van der Waals surface area contributed by atoms with Crippen LogP contribution in [0.1, 0.15) is 21.6 Å². The van der Waals surface area contributed by atoms with Crippen LogP contribution < -0.4 is 5.32 Å². The van der Waals surface area contributed by atoms with Crippen molar-refractivity contribution in [2.24, 2.45) is 0 Å². The Morgan fingerprint density at radius 3 is 2.67 bits per heavy atom. The number of nitrogens with zero attached hydrogens (tertiary/aromatic N) is 1. The Bertz CT molecular complexity index is 841. The Morgan fingerprint density at radius 1 is 1.17 bits per heavy atom. The third kappa shape index (κ3) is 3.68. The molecule has 1 aromatic heterocycles. The molecule has 24 heavy (non-hydrogen) atoms. The molecule has 122 valence electrons. The van der Waals surface area contributed by atoms with Gasteiger partial charge in [0.2, 0.25) is 5.89 Å². The van der Waals surface area contributed by atoms with Gasteiger partial charge in [0.05, 0.1) is 5.69 Å². The molecule has 3 rings (SSSR count). The summed E-state index contributed by atoms with van der Waals surface area (Å²) in [7, 11) is 0. The van der Waals surface area contributed by atoms with Crippen molar-refractivity contribution >= 4 is 5.91 Å². The van der Waals surface area contributed by atoms with Crippen molar-refractivity contribution in [3.05, 3.63) is 77.4 Å². The van der Waals surface area contributed by atoms with Crippen molar-refractivity contribution in [3.63, 3.8) is 0 Å². The maximum absolute atomic E-state index is 12.9. The summed E-state index contributed by atoms with van der Waals surface area (Å²) in [5.41, 5.74) is 3.06. The fraction of sp³-hybridized carbons (Fsp3) is 0.158. The van der Waals surface area contributed by atoms with E-state index < -0.39 is 0 Å². The van der Waals surface area contributed by atoms with Gasteiger partial charge in [-0.25, -0.2) is 9.37 Å². The summed E-state index contributed by atoms with van der Waals surface area (Å²) in [4.78, 5) is 16.5. The molecular weight excluding hydrogens is 307 g/mol. The zero-order valence-corrected chi connectivity index (χ0v) is 13.3. The highest BCUT2D eigenvalue weighted by Crippen LogP contribution is 2.19. The molecule has 1 N–H and O–H groups in total. The SMILES string of the molecule is Cc1ccccc1C(=O)NCCc1coc(-c2ccc(F)cc2)n1. The van der Waals surface area contributed by atoms with E-state index in [9.17, 15) is 9.18 Å². The number of aromatic nitrogens is 1. The number of aryl methyl sites for hydroxylation is 1. The number of oxazole rings is 1. The lowest BCUT2D eigenvalue weighted by molar-refractivity contribution is 0.0953. The number of hydrogen-bond acceptors (Lipinski definition) is 3. The van der Waals surface area contributed by atoms with E-state index in [1.165, 1.54) is 12.1 Å². The first-order chi connectivity index (χ1) is 11.6. The van der Waals surface area contributed by atoms with Gasteiger partial charge >= 0.3 is 0 Å². The van der Waals surface area contributed by atoms with Crippen LogP contribution >= 0.6 is 0 Å². The van der Waals surface area contributed by atoms with Crippen LogP contribution in [0.3, 0.4) is 0 Å². The van der Waals surface area contributed by atoms with Gasteiger partial charge in [0.1, 0.15) is 12.1 Å². The smallest absolute Gasteiger partial charge is 0.251 e. The fourth-order valence-corrected chi connectivity index (χ4v) is 2.37. The summed E-state index contributed by atoms with van der Waals surface area (Å²) >= 11 is 0. The lowest BCUT2D eigenvalue weighted by atomic mass is 10.1. The van der Waals surface area contributed by atoms with Crippen LogP contribution in [0.2, 0.25) is 0 Å². The fourth-order valence-electron chi connectivity index (χ4n) is 2.37. The summed E-state index contributed by atoms with van der Waals surface area (Å²) in [6, 6.07) is 13.4. The number of nitrogens with one attached hydrogen (secondary N) is 1. The van der Waals surface area contributed by atoms with Crippen LogP contribution in [0.15, 0.2) is 59.2 Å². The van der Waals surface area contributed by atoms with Crippen LogP contribution in [0, 0.1) is 12.7 Å². The molecule has 0 spiro atoms. The maximum Gasteiger partial charge on any atom is 0.251 e. The van der Waals surface area contributed by atoms with E-state index in [0.29, 0.717) is 30.0 Å². The van der Waals surface area contributed by atoms with Gasteiger partial charge in [-0.2, -0.15) is 0 Å². The van der Waals surface area contributed by atoms with Crippen LogP contribution in [-0.4, -0.2) is 17.4 Å². The number of carbonyl (C=O) groups excluding carboxylic acids is 1. The van der Waals surface area contributed by atoms with E-state index in [0.717, 1.165) is 11.3 Å². The van der Waals surface area contributed by atoms with Gasteiger partial charge in [-0.15, -0.1) is 0 Å². The minimum atomic E-state index is -0.301. The third-order valence-corrected chi connectivity index (χ3v) is 3.70. The molecule has 5 heteroatoms. The van der Waals surface area contributed by atoms with E-state index in [2.05, 4.69) is 10.3 Å². The van der Waals surface area contributed by atoms with Gasteiger partial charge in [0, 0.05) is 24.1 Å². The average Bonchev–Trinajstić information content (AvgIpc) is 3.04. The summed E-state index contributed by atoms with van der Waals surface area (Å²) in [5, 5.41) is 2.87. The Balaban J connectivity index is 1.57. The minimum Gasteiger partial charge on any atom is -0.444 e. The van der Waals surface area contributed by atoms with Crippen molar-refractivity contribution < 1.29 is 13.6 Å². The van der Waals surface area contributed by atoms with Crippen molar-refractivity contribution in [2.45, 2.75) is 13.3 Å². The van der Waals surface area contributed by atoms with Gasteiger partial charge in [0.25, 0.3) is 5.91 Å². The van der Waals surface area contributed by atoms with Crippen LogP contribution in [-0.2, 0) is 6.42 Å². The zero-order chi connectivity index (χ0) is 16.9. The molecule has 1 heterocycles. The second-order valence-electron chi connectivity index (χ2n) is 5.47. The molecule has 3 aromatic rings. The molecule has 4 nitrogen and oxygen atoms in total. The zero-order valence-electron chi connectivity index (χ0n) is 13.3. The highest BCUT2D eigenvalue weighted by Gasteiger charge is 2.09. The maximum atomic E-state index is 12.9. The van der Waals surface area contributed by atoms with Crippen molar-refractivity contribution in [1.29, 1.82) is 0 Å². The van der Waals surface area contributed by atoms with Gasteiger partial charge in [-0.3, -0.25) is 4.79 Å². The standard InChI is InChI=1S/C19H17FN2O2/c1-13-4-2-3-5-17(13)18(23)21-11-10-16-12-24-19(22-16)14-6-8-15(20)9-7-14/h2-9,12H,10-11H2,1H3,(H,21,23). The number of amides is 1. The molecule has 0 aliphatic rings. The van der Waals surface area contributed by atoms with Crippen molar-refractivity contribution in [1.82, 2.24) is 10.3 Å². The molecule has 2 aromatic carbocycles. The van der Waals surface area contributed by atoms with E-state index in [1.54, 1.807) is 24.5 Å². The monoisotopic (exact) mass is 324 g/mol. The van der Waals surface area contributed by atoms with Gasteiger partial charge in [0.15, 0.2) is 0 Å². The number of halogens is 1. The summed E-state index contributed by atoms with van der Waals surface area (Å²) in [6.07, 6.45) is 2.11. The summed E-state index contributed by atoms with van der Waals surface area (Å²) in [6.45, 7) is 2.37. The lowest BCUT2D eigenvalue weighted by Gasteiger charge is -2.06. The molecule has 0 aliphatic heterocycles. The topological polar surface area (TPSA) is 55.1 Å². The van der Waals surface area contributed by atoms with Crippen LogP contribution in [0.25, 0.3) is 11.5 Å². The number of rotatable bonds is 5. The molecule has 0 saturated carbocycles. The first-order valence-corrected chi connectivity index (χ1v) is 7.67. The molecular formula is C19H17FN2O2. The minimum absolute atomic E-state index is 0.102. The van der Waals surface area contributed by atoms with Crippen molar-refractivity contribution in [2.75, 3.05) is 6.54 Å². The normalized spacial score (nSPS) is 10.6. The van der Waals surface area contributed by atoms with Crippen LogP contribution in [0.4, 0.5) is 4.39 Å². The van der Waals surface area contributed by atoms with Gasteiger partial charge < -0.3 is 9.73 Å². The lowest BCUT2D eigenvalue weighted by Crippen LogP contribution is -2.26. The molecule has 0 aliphatic carbocycles. The van der Waals surface area contributed by atoms with Crippen LogP contribution in [0.5, 0.6) is 0 Å². The Morgan fingerprint density at radius 2 is 1.92 bits per heavy atom. The predicted molar refractivity (Wildman–Crippen MR) is 89.1 cm³/mol. The molecule has 0 bridgehead atoms. The quantitative estimate of drug-likeness (QED) is 0.777.